The van der Waals surface area contributed by atoms with Crippen molar-refractivity contribution >= 4 is 11.7 Å². The summed E-state index contributed by atoms with van der Waals surface area (Å²) in [5.41, 5.74) is 6.84. The van der Waals surface area contributed by atoms with Gasteiger partial charge in [0.2, 0.25) is 0 Å². The van der Waals surface area contributed by atoms with Crippen molar-refractivity contribution in [2.45, 2.75) is 6.54 Å². The fraction of sp³-hybridized carbons (Fsp3) is 0.214. The molecule has 0 atom stereocenters. The summed E-state index contributed by atoms with van der Waals surface area (Å²) in [6, 6.07) is 7.86. The van der Waals surface area contributed by atoms with Crippen LogP contribution in [0.15, 0.2) is 36.7 Å². The summed E-state index contributed by atoms with van der Waals surface area (Å²) < 4.78 is 5.20. The van der Waals surface area contributed by atoms with Crippen LogP contribution in [0, 0.1) is 5.41 Å². The third-order valence-electron chi connectivity index (χ3n) is 2.86. The summed E-state index contributed by atoms with van der Waals surface area (Å²) in [6.07, 6.45) is 3.11. The van der Waals surface area contributed by atoms with Crippen LogP contribution < -0.4 is 15.4 Å². The minimum Gasteiger partial charge on any atom is -0.497 e. The van der Waals surface area contributed by atoms with Crippen molar-refractivity contribution in [1.82, 2.24) is 9.97 Å². The van der Waals surface area contributed by atoms with Gasteiger partial charge in [0.1, 0.15) is 23.1 Å². The van der Waals surface area contributed by atoms with Gasteiger partial charge in [0, 0.05) is 13.6 Å². The second-order valence-electron chi connectivity index (χ2n) is 4.38. The molecular formula is C14H17N5O. The highest BCUT2D eigenvalue weighted by atomic mass is 16.5. The van der Waals surface area contributed by atoms with Crippen molar-refractivity contribution in [3.05, 3.63) is 47.9 Å². The van der Waals surface area contributed by atoms with Crippen LogP contribution in [0.3, 0.4) is 0 Å². The lowest BCUT2D eigenvalue weighted by Gasteiger charge is -2.18. The smallest absolute Gasteiger partial charge is 0.147 e. The SMILES string of the molecule is COc1cccc(CN(C)c2cnc(C(=N)N)cn2)c1. The summed E-state index contributed by atoms with van der Waals surface area (Å²) in [7, 11) is 3.58. The number of amidine groups is 1. The second kappa shape index (κ2) is 6.01. The van der Waals surface area contributed by atoms with E-state index in [1.165, 1.54) is 6.20 Å². The number of rotatable bonds is 5. The molecule has 0 radical (unpaired) electrons. The van der Waals surface area contributed by atoms with Crippen LogP contribution in [0.5, 0.6) is 5.75 Å². The predicted octanol–water partition coefficient (Wildman–Crippen LogP) is 1.41. The van der Waals surface area contributed by atoms with Crippen molar-refractivity contribution in [1.29, 1.82) is 5.41 Å². The van der Waals surface area contributed by atoms with Gasteiger partial charge in [0.25, 0.3) is 0 Å². The number of hydrogen-bond acceptors (Lipinski definition) is 5. The Morgan fingerprint density at radius 2 is 2.15 bits per heavy atom. The molecule has 1 aromatic carbocycles. The Bertz CT molecular complexity index is 597. The monoisotopic (exact) mass is 271 g/mol. The van der Waals surface area contributed by atoms with Crippen LogP contribution in [0.2, 0.25) is 0 Å². The quantitative estimate of drug-likeness (QED) is 0.634. The molecule has 0 aliphatic rings. The van der Waals surface area contributed by atoms with Gasteiger partial charge in [0.15, 0.2) is 0 Å². The first-order chi connectivity index (χ1) is 9.60. The molecule has 1 heterocycles. The molecule has 0 amide bonds. The van der Waals surface area contributed by atoms with Crippen LogP contribution in [0.1, 0.15) is 11.3 Å². The number of anilines is 1. The first kappa shape index (κ1) is 13.8. The zero-order chi connectivity index (χ0) is 14.5. The van der Waals surface area contributed by atoms with E-state index in [2.05, 4.69) is 9.97 Å². The topological polar surface area (TPSA) is 88.1 Å². The van der Waals surface area contributed by atoms with Gasteiger partial charge < -0.3 is 15.4 Å². The molecule has 0 unspecified atom stereocenters. The molecule has 104 valence electrons. The molecule has 1 aromatic heterocycles. The minimum absolute atomic E-state index is 0.0838. The van der Waals surface area contributed by atoms with Crippen molar-refractivity contribution in [3.63, 3.8) is 0 Å². The maximum Gasteiger partial charge on any atom is 0.147 e. The zero-order valence-electron chi connectivity index (χ0n) is 11.5. The van der Waals surface area contributed by atoms with Gasteiger partial charge in [-0.15, -0.1) is 0 Å². The maximum absolute atomic E-state index is 7.29. The van der Waals surface area contributed by atoms with E-state index in [1.807, 2.05) is 36.2 Å². The standard InChI is InChI=1S/C14H17N5O/c1-19(9-10-4-3-5-11(6-10)20-2)13-8-17-12(7-18-13)14(15)16/h3-8H,9H2,1-2H3,(H3,15,16). The van der Waals surface area contributed by atoms with Crippen LogP contribution in [-0.4, -0.2) is 30.0 Å². The molecule has 0 saturated heterocycles. The van der Waals surface area contributed by atoms with Crippen molar-refractivity contribution < 1.29 is 4.74 Å². The van der Waals surface area contributed by atoms with E-state index in [0.717, 1.165) is 17.1 Å². The molecule has 0 aliphatic carbocycles. The molecule has 2 aromatic rings. The molecule has 6 nitrogen and oxygen atoms in total. The third-order valence-corrected chi connectivity index (χ3v) is 2.86. The van der Waals surface area contributed by atoms with E-state index in [9.17, 15) is 0 Å². The Kier molecular flexibility index (Phi) is 4.14. The average molecular weight is 271 g/mol. The van der Waals surface area contributed by atoms with Gasteiger partial charge >= 0.3 is 0 Å². The van der Waals surface area contributed by atoms with Crippen molar-refractivity contribution in [2.75, 3.05) is 19.1 Å². The van der Waals surface area contributed by atoms with Crippen LogP contribution in [0.4, 0.5) is 5.82 Å². The predicted molar refractivity (Wildman–Crippen MR) is 78.1 cm³/mol. The van der Waals surface area contributed by atoms with Gasteiger partial charge in [-0.3, -0.25) is 5.41 Å². The molecule has 6 heteroatoms. The van der Waals surface area contributed by atoms with E-state index in [1.54, 1.807) is 13.3 Å². The first-order valence-electron chi connectivity index (χ1n) is 6.10. The van der Waals surface area contributed by atoms with E-state index in [0.29, 0.717) is 12.2 Å². The van der Waals surface area contributed by atoms with Crippen molar-refractivity contribution in [2.24, 2.45) is 5.73 Å². The highest BCUT2D eigenvalue weighted by Gasteiger charge is 2.06. The highest BCUT2D eigenvalue weighted by molar-refractivity contribution is 5.92. The lowest BCUT2D eigenvalue weighted by molar-refractivity contribution is 0.414. The van der Waals surface area contributed by atoms with Crippen LogP contribution >= 0.6 is 0 Å². The minimum atomic E-state index is -0.0838. The first-order valence-corrected chi connectivity index (χ1v) is 6.10. The number of benzene rings is 1. The molecule has 0 fully saturated rings. The Labute approximate surface area is 117 Å². The lowest BCUT2D eigenvalue weighted by atomic mass is 10.2. The van der Waals surface area contributed by atoms with Gasteiger partial charge in [-0.1, -0.05) is 12.1 Å². The van der Waals surface area contributed by atoms with E-state index < -0.39 is 0 Å². The Morgan fingerprint density at radius 1 is 1.35 bits per heavy atom. The van der Waals surface area contributed by atoms with Gasteiger partial charge in [-0.25, -0.2) is 9.97 Å². The molecule has 0 saturated carbocycles. The number of methoxy groups -OCH3 is 1. The number of nitrogens with zero attached hydrogens (tertiary/aromatic N) is 3. The van der Waals surface area contributed by atoms with Crippen LogP contribution in [-0.2, 0) is 6.54 Å². The third kappa shape index (κ3) is 3.23. The zero-order valence-corrected chi connectivity index (χ0v) is 11.5. The summed E-state index contributed by atoms with van der Waals surface area (Å²) in [6.45, 7) is 0.686. The van der Waals surface area contributed by atoms with E-state index in [4.69, 9.17) is 15.9 Å². The molecular weight excluding hydrogens is 254 g/mol. The van der Waals surface area contributed by atoms with Crippen LogP contribution in [0.25, 0.3) is 0 Å². The molecule has 0 aliphatic heterocycles. The molecule has 2 rings (SSSR count). The average Bonchev–Trinajstić information content (AvgIpc) is 2.47. The van der Waals surface area contributed by atoms with E-state index in [-0.39, 0.29) is 5.84 Å². The number of ether oxygens (including phenoxy) is 1. The fourth-order valence-electron chi connectivity index (χ4n) is 1.78. The number of nitrogens with two attached hydrogens (primary N) is 1. The summed E-state index contributed by atoms with van der Waals surface area (Å²) in [5.74, 6) is 1.46. The number of nitrogens with one attached hydrogen (secondary N) is 1. The normalized spacial score (nSPS) is 10.1. The number of hydrogen-bond donors (Lipinski definition) is 2. The Balaban J connectivity index is 2.10. The fourth-order valence-corrected chi connectivity index (χ4v) is 1.78. The largest absolute Gasteiger partial charge is 0.497 e. The molecule has 3 N–H and O–H groups in total. The lowest BCUT2D eigenvalue weighted by Crippen LogP contribution is -2.19. The van der Waals surface area contributed by atoms with Gasteiger partial charge in [-0.05, 0) is 17.7 Å². The number of nitrogen functional groups attached to an aromatic ring is 1. The molecule has 0 spiro atoms. The van der Waals surface area contributed by atoms with Crippen molar-refractivity contribution in [3.8, 4) is 5.75 Å². The van der Waals surface area contributed by atoms with Gasteiger partial charge in [-0.2, -0.15) is 0 Å². The van der Waals surface area contributed by atoms with Gasteiger partial charge in [0.05, 0.1) is 19.5 Å². The highest BCUT2D eigenvalue weighted by Crippen LogP contribution is 2.16. The number of aromatic nitrogens is 2. The molecule has 0 bridgehead atoms. The summed E-state index contributed by atoms with van der Waals surface area (Å²) in [5, 5.41) is 7.29. The van der Waals surface area contributed by atoms with E-state index >= 15 is 0 Å². The summed E-state index contributed by atoms with van der Waals surface area (Å²) >= 11 is 0. The Hall–Kier alpha value is -2.63. The molecule has 20 heavy (non-hydrogen) atoms. The summed E-state index contributed by atoms with van der Waals surface area (Å²) in [4.78, 5) is 10.3. The second-order valence-corrected chi connectivity index (χ2v) is 4.38. The Morgan fingerprint density at radius 3 is 2.75 bits per heavy atom. The maximum atomic E-state index is 7.29.